The van der Waals surface area contributed by atoms with E-state index < -0.39 is 6.04 Å². The zero-order valence-corrected chi connectivity index (χ0v) is 20.7. The quantitative estimate of drug-likeness (QED) is 0.505. The Morgan fingerprint density at radius 2 is 1.83 bits per heavy atom. The molecule has 0 aliphatic carbocycles. The number of hydrogen-bond donors (Lipinski definition) is 2. The van der Waals surface area contributed by atoms with Crippen molar-refractivity contribution in [2.45, 2.75) is 12.5 Å². The number of rotatable bonds is 6. The van der Waals surface area contributed by atoms with E-state index in [0.717, 1.165) is 0 Å². The van der Waals surface area contributed by atoms with Gasteiger partial charge in [0.2, 0.25) is 11.9 Å². The van der Waals surface area contributed by atoms with Crippen LogP contribution in [0.25, 0.3) is 10.9 Å². The first kappa shape index (κ1) is 26.7. The molecule has 1 aromatic heterocycles. The molecule has 36 heavy (non-hydrogen) atoms. The fraction of sp³-hybridized carbons (Fsp3) is 0.333. The fourth-order valence-corrected chi connectivity index (χ4v) is 4.14. The van der Waals surface area contributed by atoms with Gasteiger partial charge in [-0.15, -0.1) is 12.4 Å². The molecular formula is C24H27ClFN7O3. The molecule has 10 nitrogen and oxygen atoms in total. The maximum atomic E-state index is 13.1. The van der Waals surface area contributed by atoms with Gasteiger partial charge < -0.3 is 30.7 Å². The second-order valence-corrected chi connectivity index (χ2v) is 8.13. The van der Waals surface area contributed by atoms with Crippen molar-refractivity contribution in [1.29, 1.82) is 5.26 Å². The van der Waals surface area contributed by atoms with Crippen LogP contribution in [0.5, 0.6) is 11.5 Å². The van der Waals surface area contributed by atoms with Crippen LogP contribution in [0.1, 0.15) is 23.6 Å². The molecule has 4 N–H and O–H groups in total. The third-order valence-corrected chi connectivity index (χ3v) is 6.07. The number of nitrogen functional groups attached to an aromatic ring is 1. The van der Waals surface area contributed by atoms with Crippen molar-refractivity contribution in [2.75, 3.05) is 51.0 Å². The lowest BCUT2D eigenvalue weighted by molar-refractivity contribution is -0.131. The summed E-state index contributed by atoms with van der Waals surface area (Å²) in [6.07, 6.45) is 0.123. The lowest BCUT2D eigenvalue weighted by atomic mass is 10.0. The lowest BCUT2D eigenvalue weighted by Crippen LogP contribution is -2.49. The van der Waals surface area contributed by atoms with E-state index in [9.17, 15) is 14.4 Å². The summed E-state index contributed by atoms with van der Waals surface area (Å²) in [5.74, 6) is 0.800. The standard InChI is InChI=1S/C24H26FN7O3.ClH/c1-34-19-11-16-21(17(13-26)22(19)35-2)29-24(30-23(16)28)32-9-7-31(8-10-32)20(33)12-18(27)14-3-5-15(25)6-4-14;/h3-6,11,18H,7-10,12,27H2,1-2H3,(H2,28,29,30);1H. The minimum Gasteiger partial charge on any atom is -0.493 e. The van der Waals surface area contributed by atoms with E-state index in [-0.39, 0.29) is 47.7 Å². The molecule has 2 aromatic carbocycles. The van der Waals surface area contributed by atoms with Crippen molar-refractivity contribution < 1.29 is 18.7 Å². The SMILES string of the molecule is COc1cc2c(N)nc(N3CCN(C(=O)CC(N)c4ccc(F)cc4)CC3)nc2c(C#N)c1OC.Cl. The van der Waals surface area contributed by atoms with Crippen LogP contribution in [0, 0.1) is 17.1 Å². The summed E-state index contributed by atoms with van der Waals surface area (Å²) in [5, 5.41) is 10.2. The van der Waals surface area contributed by atoms with Gasteiger partial charge in [0.15, 0.2) is 11.5 Å². The molecule has 1 saturated heterocycles. The average molecular weight is 516 g/mol. The molecule has 1 aliphatic rings. The van der Waals surface area contributed by atoms with Gasteiger partial charge in [-0.05, 0) is 23.8 Å². The van der Waals surface area contributed by atoms with E-state index in [1.165, 1.54) is 26.4 Å². The summed E-state index contributed by atoms with van der Waals surface area (Å²) in [6.45, 7) is 1.87. The Hall–Kier alpha value is -3.88. The van der Waals surface area contributed by atoms with Crippen LogP contribution in [0.15, 0.2) is 30.3 Å². The van der Waals surface area contributed by atoms with Gasteiger partial charge in [-0.2, -0.15) is 10.2 Å². The number of carbonyl (C=O) groups excluding carboxylic acids is 1. The number of piperazine rings is 1. The summed E-state index contributed by atoms with van der Waals surface area (Å²) in [5.41, 5.74) is 13.7. The van der Waals surface area contributed by atoms with E-state index >= 15 is 0 Å². The number of methoxy groups -OCH3 is 2. The van der Waals surface area contributed by atoms with Gasteiger partial charge in [0, 0.05) is 44.0 Å². The van der Waals surface area contributed by atoms with E-state index in [2.05, 4.69) is 16.0 Å². The summed E-state index contributed by atoms with van der Waals surface area (Å²) in [4.78, 5) is 25.5. The van der Waals surface area contributed by atoms with Gasteiger partial charge in [-0.25, -0.2) is 9.37 Å². The Morgan fingerprint density at radius 1 is 1.17 bits per heavy atom. The first-order valence-corrected chi connectivity index (χ1v) is 11.0. The number of fused-ring (bicyclic) bond motifs is 1. The number of nitrogens with two attached hydrogens (primary N) is 2. The first-order chi connectivity index (χ1) is 16.9. The molecular weight excluding hydrogens is 489 g/mol. The topological polar surface area (TPSA) is 144 Å². The fourth-order valence-electron chi connectivity index (χ4n) is 4.14. The molecule has 2 heterocycles. The van der Waals surface area contributed by atoms with Gasteiger partial charge >= 0.3 is 0 Å². The number of halogens is 2. The Balaban J connectivity index is 0.00000361. The highest BCUT2D eigenvalue weighted by Crippen LogP contribution is 2.38. The van der Waals surface area contributed by atoms with Crippen LogP contribution in [-0.2, 0) is 4.79 Å². The maximum Gasteiger partial charge on any atom is 0.228 e. The number of anilines is 2. The number of amides is 1. The number of nitriles is 1. The minimum atomic E-state index is -0.513. The van der Waals surface area contributed by atoms with Crippen molar-refractivity contribution >= 4 is 41.0 Å². The number of ether oxygens (including phenoxy) is 2. The van der Waals surface area contributed by atoms with Crippen molar-refractivity contribution in [2.24, 2.45) is 5.73 Å². The molecule has 4 rings (SSSR count). The molecule has 1 aliphatic heterocycles. The summed E-state index contributed by atoms with van der Waals surface area (Å²) in [6, 6.07) is 9.10. The maximum absolute atomic E-state index is 13.1. The van der Waals surface area contributed by atoms with E-state index in [1.54, 1.807) is 23.1 Å². The third-order valence-electron chi connectivity index (χ3n) is 6.07. The van der Waals surface area contributed by atoms with Crippen LogP contribution in [-0.4, -0.2) is 61.2 Å². The van der Waals surface area contributed by atoms with Crippen molar-refractivity contribution in [3.05, 3.63) is 47.3 Å². The van der Waals surface area contributed by atoms with Crippen LogP contribution < -0.4 is 25.8 Å². The largest absolute Gasteiger partial charge is 0.493 e. The second-order valence-electron chi connectivity index (χ2n) is 8.13. The van der Waals surface area contributed by atoms with Crippen molar-refractivity contribution in [1.82, 2.24) is 14.9 Å². The predicted molar refractivity (Wildman–Crippen MR) is 136 cm³/mol. The number of aromatic nitrogens is 2. The zero-order valence-electron chi connectivity index (χ0n) is 19.9. The first-order valence-electron chi connectivity index (χ1n) is 11.0. The van der Waals surface area contributed by atoms with E-state index in [4.69, 9.17) is 20.9 Å². The Labute approximate surface area is 214 Å². The molecule has 0 saturated carbocycles. The zero-order chi connectivity index (χ0) is 25.1. The monoisotopic (exact) mass is 515 g/mol. The molecule has 0 spiro atoms. The Bertz CT molecular complexity index is 1290. The Kier molecular flexibility index (Phi) is 8.34. The molecule has 1 unspecified atom stereocenters. The molecule has 190 valence electrons. The summed E-state index contributed by atoms with van der Waals surface area (Å²) in [7, 11) is 2.93. The van der Waals surface area contributed by atoms with Crippen LogP contribution in [0.2, 0.25) is 0 Å². The van der Waals surface area contributed by atoms with Gasteiger partial charge in [-0.1, -0.05) is 12.1 Å². The third kappa shape index (κ3) is 5.19. The number of nitrogens with zero attached hydrogens (tertiary/aromatic N) is 5. The number of benzene rings is 2. The molecule has 12 heteroatoms. The van der Waals surface area contributed by atoms with E-state index in [0.29, 0.717) is 54.3 Å². The normalized spacial score (nSPS) is 14.1. The highest BCUT2D eigenvalue weighted by molar-refractivity contribution is 5.96. The Morgan fingerprint density at radius 3 is 2.42 bits per heavy atom. The smallest absolute Gasteiger partial charge is 0.228 e. The summed E-state index contributed by atoms with van der Waals surface area (Å²) >= 11 is 0. The number of carbonyl (C=O) groups is 1. The molecule has 0 radical (unpaired) electrons. The minimum absolute atomic E-state index is 0. The highest BCUT2D eigenvalue weighted by atomic mass is 35.5. The van der Waals surface area contributed by atoms with Crippen molar-refractivity contribution in [3.8, 4) is 17.6 Å². The van der Waals surface area contributed by atoms with Crippen LogP contribution in [0.4, 0.5) is 16.2 Å². The molecule has 1 fully saturated rings. The molecule has 3 aromatic rings. The summed E-state index contributed by atoms with van der Waals surface area (Å²) < 4.78 is 23.8. The second kappa shape index (κ2) is 11.2. The van der Waals surface area contributed by atoms with Gasteiger partial charge in [0.05, 0.1) is 19.7 Å². The van der Waals surface area contributed by atoms with Crippen LogP contribution in [0.3, 0.4) is 0 Å². The molecule has 0 bridgehead atoms. The van der Waals surface area contributed by atoms with Gasteiger partial charge in [0.25, 0.3) is 0 Å². The molecule has 1 amide bonds. The van der Waals surface area contributed by atoms with Crippen molar-refractivity contribution in [3.63, 3.8) is 0 Å². The van der Waals surface area contributed by atoms with E-state index in [1.807, 2.05) is 4.90 Å². The van der Waals surface area contributed by atoms with Gasteiger partial charge in [-0.3, -0.25) is 4.79 Å². The lowest BCUT2D eigenvalue weighted by Gasteiger charge is -2.35. The highest BCUT2D eigenvalue weighted by Gasteiger charge is 2.26. The average Bonchev–Trinajstić information content (AvgIpc) is 2.87. The predicted octanol–water partition coefficient (Wildman–Crippen LogP) is 2.40. The van der Waals surface area contributed by atoms with Crippen LogP contribution >= 0.6 is 12.4 Å². The number of hydrogen-bond acceptors (Lipinski definition) is 9. The van der Waals surface area contributed by atoms with Gasteiger partial charge in [0.1, 0.15) is 23.3 Å². The molecule has 1 atom stereocenters.